The van der Waals surface area contributed by atoms with E-state index in [-0.39, 0.29) is 29.1 Å². The molecule has 41 heavy (non-hydrogen) atoms. The fraction of sp³-hybridized carbons (Fsp3) is 0.333. The minimum absolute atomic E-state index is 0.0108. The van der Waals surface area contributed by atoms with Crippen LogP contribution in [0.2, 0.25) is 10.0 Å². The minimum atomic E-state index is -4.24. The summed E-state index contributed by atoms with van der Waals surface area (Å²) in [6.45, 7) is 5.07. The predicted molar refractivity (Wildman–Crippen MR) is 163 cm³/mol. The maximum Gasteiger partial charge on any atom is 0.264 e. The van der Waals surface area contributed by atoms with Crippen LogP contribution in [0.15, 0.2) is 77.7 Å². The highest BCUT2D eigenvalue weighted by molar-refractivity contribution is 7.92. The maximum atomic E-state index is 14.1. The van der Waals surface area contributed by atoms with Crippen LogP contribution in [0, 0.1) is 0 Å². The van der Waals surface area contributed by atoms with E-state index in [1.54, 1.807) is 49.4 Å². The highest BCUT2D eigenvalue weighted by Crippen LogP contribution is 2.28. The van der Waals surface area contributed by atoms with Crippen molar-refractivity contribution in [2.75, 3.05) is 18.0 Å². The molecule has 2 amide bonds. The van der Waals surface area contributed by atoms with E-state index < -0.39 is 28.5 Å². The molecule has 0 aromatic heterocycles. The summed E-state index contributed by atoms with van der Waals surface area (Å²) in [6.07, 6.45) is 1.02. The van der Waals surface area contributed by atoms with E-state index in [1.807, 2.05) is 13.8 Å². The number of halogens is 2. The van der Waals surface area contributed by atoms with Crippen LogP contribution in [-0.2, 0) is 26.2 Å². The highest BCUT2D eigenvalue weighted by atomic mass is 35.5. The molecule has 220 valence electrons. The Morgan fingerprint density at radius 3 is 2.22 bits per heavy atom. The molecule has 0 radical (unpaired) electrons. The monoisotopic (exact) mass is 619 g/mol. The number of sulfonamides is 1. The lowest BCUT2D eigenvalue weighted by Crippen LogP contribution is -2.53. The third kappa shape index (κ3) is 8.15. The van der Waals surface area contributed by atoms with Crippen molar-refractivity contribution in [2.24, 2.45) is 0 Å². The number of nitrogens with one attached hydrogen (secondary N) is 1. The molecule has 3 rings (SSSR count). The first kappa shape index (κ1) is 32.2. The van der Waals surface area contributed by atoms with Gasteiger partial charge in [0.2, 0.25) is 11.8 Å². The van der Waals surface area contributed by atoms with Gasteiger partial charge in [-0.15, -0.1) is 0 Å². The smallest absolute Gasteiger partial charge is 0.264 e. The highest BCUT2D eigenvalue weighted by Gasteiger charge is 2.34. The molecular formula is C30H35Cl2N3O5S. The largest absolute Gasteiger partial charge is 0.497 e. The van der Waals surface area contributed by atoms with Crippen LogP contribution in [0.4, 0.5) is 5.69 Å². The summed E-state index contributed by atoms with van der Waals surface area (Å²) < 4.78 is 34.1. The van der Waals surface area contributed by atoms with Gasteiger partial charge in [0.15, 0.2) is 0 Å². The van der Waals surface area contributed by atoms with Crippen LogP contribution in [0.1, 0.15) is 39.2 Å². The lowest BCUT2D eigenvalue weighted by Gasteiger charge is -2.34. The fourth-order valence-corrected chi connectivity index (χ4v) is 5.99. The van der Waals surface area contributed by atoms with E-state index in [0.29, 0.717) is 34.2 Å². The molecule has 0 heterocycles. The second-order valence-electron chi connectivity index (χ2n) is 9.52. The lowest BCUT2D eigenvalue weighted by molar-refractivity contribution is -0.140. The SMILES string of the molecule is CCC(C)NC(=O)C(CC)N(Cc1ccccc1Cl)C(=O)CN(c1cccc(Cl)c1)S(=O)(=O)c1ccc(OC)cc1. The Bertz CT molecular complexity index is 1450. The predicted octanol–water partition coefficient (Wildman–Crippen LogP) is 5.92. The average molecular weight is 621 g/mol. The number of benzene rings is 3. The van der Waals surface area contributed by atoms with E-state index >= 15 is 0 Å². The molecule has 0 aliphatic carbocycles. The van der Waals surface area contributed by atoms with Crippen molar-refractivity contribution in [3.8, 4) is 5.75 Å². The van der Waals surface area contributed by atoms with Crippen molar-refractivity contribution in [3.05, 3.63) is 88.4 Å². The number of hydrogen-bond donors (Lipinski definition) is 1. The van der Waals surface area contributed by atoms with Crippen LogP contribution in [-0.4, -0.2) is 50.9 Å². The Labute approximate surface area is 252 Å². The van der Waals surface area contributed by atoms with Gasteiger partial charge in [-0.05, 0) is 73.9 Å². The first-order valence-electron chi connectivity index (χ1n) is 13.3. The Balaban J connectivity index is 2.07. The number of nitrogens with zero attached hydrogens (tertiary/aromatic N) is 2. The van der Waals surface area contributed by atoms with E-state index in [2.05, 4.69) is 5.32 Å². The molecule has 0 fully saturated rings. The van der Waals surface area contributed by atoms with Crippen LogP contribution in [0.3, 0.4) is 0 Å². The zero-order valence-electron chi connectivity index (χ0n) is 23.5. The Morgan fingerprint density at radius 2 is 1.63 bits per heavy atom. The molecule has 8 nitrogen and oxygen atoms in total. The van der Waals surface area contributed by atoms with Gasteiger partial charge in [-0.2, -0.15) is 0 Å². The maximum absolute atomic E-state index is 14.1. The molecule has 1 N–H and O–H groups in total. The van der Waals surface area contributed by atoms with Crippen LogP contribution in [0.25, 0.3) is 0 Å². The molecule has 3 aromatic carbocycles. The van der Waals surface area contributed by atoms with Gasteiger partial charge in [0.1, 0.15) is 18.3 Å². The van der Waals surface area contributed by atoms with Gasteiger partial charge in [-0.25, -0.2) is 8.42 Å². The van der Waals surface area contributed by atoms with Crippen molar-refractivity contribution < 1.29 is 22.7 Å². The number of anilines is 1. The number of hydrogen-bond acceptors (Lipinski definition) is 5. The summed E-state index contributed by atoms with van der Waals surface area (Å²) >= 11 is 12.7. The van der Waals surface area contributed by atoms with E-state index in [1.165, 1.54) is 42.3 Å². The van der Waals surface area contributed by atoms with Gasteiger partial charge < -0.3 is 15.0 Å². The Hall–Kier alpha value is -3.27. The number of methoxy groups -OCH3 is 1. The topological polar surface area (TPSA) is 96.0 Å². The standard InChI is InChI=1S/C30H35Cl2N3O5S/c1-5-21(3)33-30(37)28(6-2)34(19-22-10-7-8-13-27(22)32)29(36)20-35(24-12-9-11-23(31)18-24)41(38,39)26-16-14-25(40-4)15-17-26/h7-18,21,28H,5-6,19-20H2,1-4H3,(H,33,37). The summed E-state index contributed by atoms with van der Waals surface area (Å²) in [7, 11) is -2.75. The Morgan fingerprint density at radius 1 is 0.951 bits per heavy atom. The number of ether oxygens (including phenoxy) is 1. The van der Waals surface area contributed by atoms with Crippen molar-refractivity contribution >= 4 is 50.7 Å². The molecule has 2 atom stereocenters. The second kappa shape index (κ2) is 14.6. The summed E-state index contributed by atoms with van der Waals surface area (Å²) in [5, 5.41) is 3.68. The molecule has 0 aliphatic heterocycles. The van der Waals surface area contributed by atoms with E-state index in [4.69, 9.17) is 27.9 Å². The summed E-state index contributed by atoms with van der Waals surface area (Å²) in [4.78, 5) is 28.8. The third-order valence-electron chi connectivity index (χ3n) is 6.71. The first-order chi connectivity index (χ1) is 19.5. The zero-order valence-corrected chi connectivity index (χ0v) is 25.8. The fourth-order valence-electron chi connectivity index (χ4n) is 4.21. The second-order valence-corrected chi connectivity index (χ2v) is 12.2. The quantitative estimate of drug-likeness (QED) is 0.256. The summed E-state index contributed by atoms with van der Waals surface area (Å²) in [5.74, 6) is -0.416. The van der Waals surface area contributed by atoms with Crippen LogP contribution < -0.4 is 14.4 Å². The van der Waals surface area contributed by atoms with Gasteiger partial charge in [-0.3, -0.25) is 13.9 Å². The van der Waals surface area contributed by atoms with E-state index in [9.17, 15) is 18.0 Å². The van der Waals surface area contributed by atoms with Gasteiger partial charge in [0.05, 0.1) is 17.7 Å². The van der Waals surface area contributed by atoms with Gasteiger partial charge in [0.25, 0.3) is 10.0 Å². The van der Waals surface area contributed by atoms with Crippen LogP contribution >= 0.6 is 23.2 Å². The summed E-state index contributed by atoms with van der Waals surface area (Å²) in [5.41, 5.74) is 0.834. The van der Waals surface area contributed by atoms with Crippen molar-refractivity contribution in [3.63, 3.8) is 0 Å². The number of rotatable bonds is 13. The molecular weight excluding hydrogens is 585 g/mol. The average Bonchev–Trinajstić information content (AvgIpc) is 2.96. The van der Waals surface area contributed by atoms with E-state index in [0.717, 1.165) is 4.31 Å². The normalized spacial score (nSPS) is 12.7. The van der Waals surface area contributed by atoms with Gasteiger partial charge >= 0.3 is 0 Å². The molecule has 3 aromatic rings. The third-order valence-corrected chi connectivity index (χ3v) is 9.10. The van der Waals surface area contributed by atoms with Crippen molar-refractivity contribution in [1.82, 2.24) is 10.2 Å². The Kier molecular flexibility index (Phi) is 11.5. The lowest BCUT2D eigenvalue weighted by atomic mass is 10.1. The zero-order chi connectivity index (χ0) is 30.2. The first-order valence-corrected chi connectivity index (χ1v) is 15.5. The summed E-state index contributed by atoms with van der Waals surface area (Å²) in [6, 6.07) is 18.2. The molecule has 0 spiro atoms. The van der Waals surface area contributed by atoms with Crippen molar-refractivity contribution in [1.29, 1.82) is 0 Å². The van der Waals surface area contributed by atoms with Crippen molar-refractivity contribution in [2.45, 2.75) is 57.1 Å². The number of amides is 2. The number of carbonyl (C=O) groups is 2. The van der Waals surface area contributed by atoms with Gasteiger partial charge in [-0.1, -0.05) is 61.3 Å². The molecule has 0 saturated carbocycles. The molecule has 0 bridgehead atoms. The van der Waals surface area contributed by atoms with Gasteiger partial charge in [0, 0.05) is 22.6 Å². The molecule has 11 heteroatoms. The van der Waals surface area contributed by atoms with Crippen LogP contribution in [0.5, 0.6) is 5.75 Å². The molecule has 2 unspecified atom stereocenters. The minimum Gasteiger partial charge on any atom is -0.497 e. The molecule has 0 saturated heterocycles. The molecule has 0 aliphatic rings. The number of carbonyl (C=O) groups excluding carboxylic acids is 2.